The molecule has 0 bridgehead atoms. The molecule has 17 heavy (non-hydrogen) atoms. The van der Waals surface area contributed by atoms with Crippen LogP contribution in [-0.2, 0) is 11.3 Å². The molecule has 0 spiro atoms. The van der Waals surface area contributed by atoms with E-state index in [1.54, 1.807) is 13.2 Å². The summed E-state index contributed by atoms with van der Waals surface area (Å²) < 4.78 is 9.89. The van der Waals surface area contributed by atoms with Crippen LogP contribution in [0.1, 0.15) is 15.9 Å². The summed E-state index contributed by atoms with van der Waals surface area (Å²) in [6.45, 7) is 0.523. The van der Waals surface area contributed by atoms with E-state index in [-0.39, 0.29) is 5.91 Å². The van der Waals surface area contributed by atoms with Crippen LogP contribution < -0.4 is 5.32 Å². The first-order valence-corrected chi connectivity index (χ1v) is 5.21. The third-order valence-corrected chi connectivity index (χ3v) is 2.28. The van der Waals surface area contributed by atoms with E-state index < -0.39 is 0 Å². The fourth-order valence-electron chi connectivity index (χ4n) is 1.50. The van der Waals surface area contributed by atoms with Crippen molar-refractivity contribution in [2.75, 3.05) is 12.4 Å². The highest BCUT2D eigenvalue weighted by atomic mass is 16.5. The van der Waals surface area contributed by atoms with E-state index in [0.717, 1.165) is 11.3 Å². The standard InChI is InChI=1S/C13H13NO3/c1-16-8-10-3-2-4-12(7-10)14-13(15)11-5-6-17-9-11/h2-7,9H,8H2,1H3,(H,14,15). The topological polar surface area (TPSA) is 51.5 Å². The van der Waals surface area contributed by atoms with Gasteiger partial charge in [0.15, 0.2) is 0 Å². The number of rotatable bonds is 4. The number of carbonyl (C=O) groups excluding carboxylic acids is 1. The van der Waals surface area contributed by atoms with Crippen molar-refractivity contribution in [2.24, 2.45) is 0 Å². The summed E-state index contributed by atoms with van der Waals surface area (Å²) in [5, 5.41) is 2.79. The first-order valence-electron chi connectivity index (χ1n) is 5.21. The second-order valence-electron chi connectivity index (χ2n) is 3.60. The van der Waals surface area contributed by atoms with Gasteiger partial charge < -0.3 is 14.5 Å². The lowest BCUT2D eigenvalue weighted by Crippen LogP contribution is -2.10. The number of furan rings is 1. The van der Waals surface area contributed by atoms with E-state index >= 15 is 0 Å². The summed E-state index contributed by atoms with van der Waals surface area (Å²) in [7, 11) is 1.64. The molecule has 1 heterocycles. The zero-order chi connectivity index (χ0) is 12.1. The predicted octanol–water partition coefficient (Wildman–Crippen LogP) is 2.68. The SMILES string of the molecule is COCc1cccc(NC(=O)c2ccoc2)c1. The zero-order valence-electron chi connectivity index (χ0n) is 9.47. The number of methoxy groups -OCH3 is 1. The molecule has 0 aliphatic heterocycles. The Balaban J connectivity index is 2.08. The summed E-state index contributed by atoms with van der Waals surface area (Å²) in [5.41, 5.74) is 2.25. The normalized spacial score (nSPS) is 10.2. The molecule has 1 aromatic carbocycles. The maximum Gasteiger partial charge on any atom is 0.258 e. The van der Waals surface area contributed by atoms with Gasteiger partial charge in [-0.15, -0.1) is 0 Å². The molecule has 1 amide bonds. The number of amides is 1. The second-order valence-corrected chi connectivity index (χ2v) is 3.60. The van der Waals surface area contributed by atoms with Gasteiger partial charge in [-0.25, -0.2) is 0 Å². The van der Waals surface area contributed by atoms with Crippen molar-refractivity contribution in [1.82, 2.24) is 0 Å². The molecule has 0 atom stereocenters. The molecule has 0 saturated heterocycles. The Bertz CT molecular complexity index is 491. The first-order chi connectivity index (χ1) is 8.29. The number of ether oxygens (including phenoxy) is 1. The molecule has 2 aromatic rings. The third kappa shape index (κ3) is 2.95. The van der Waals surface area contributed by atoms with E-state index in [4.69, 9.17) is 9.15 Å². The minimum atomic E-state index is -0.187. The van der Waals surface area contributed by atoms with Crippen molar-refractivity contribution in [3.05, 3.63) is 54.0 Å². The van der Waals surface area contributed by atoms with Crippen LogP contribution in [-0.4, -0.2) is 13.0 Å². The fourth-order valence-corrected chi connectivity index (χ4v) is 1.50. The summed E-state index contributed by atoms with van der Waals surface area (Å²) in [6, 6.07) is 9.14. The van der Waals surface area contributed by atoms with Crippen molar-refractivity contribution in [3.8, 4) is 0 Å². The van der Waals surface area contributed by atoms with E-state index in [1.165, 1.54) is 12.5 Å². The molecule has 1 aromatic heterocycles. The number of benzene rings is 1. The molecular weight excluding hydrogens is 218 g/mol. The molecular formula is C13H13NO3. The van der Waals surface area contributed by atoms with Crippen LogP contribution in [0.5, 0.6) is 0 Å². The zero-order valence-corrected chi connectivity index (χ0v) is 9.47. The fraction of sp³-hybridized carbons (Fsp3) is 0.154. The van der Waals surface area contributed by atoms with Gasteiger partial charge in [-0.05, 0) is 23.8 Å². The average molecular weight is 231 g/mol. The monoisotopic (exact) mass is 231 g/mol. The quantitative estimate of drug-likeness (QED) is 0.880. The van der Waals surface area contributed by atoms with E-state index in [1.807, 2.05) is 24.3 Å². The minimum absolute atomic E-state index is 0.187. The van der Waals surface area contributed by atoms with Crippen LogP contribution in [0, 0.1) is 0 Å². The van der Waals surface area contributed by atoms with Crippen molar-refractivity contribution >= 4 is 11.6 Å². The van der Waals surface area contributed by atoms with Crippen LogP contribution in [0.4, 0.5) is 5.69 Å². The molecule has 0 aliphatic rings. The first kappa shape index (κ1) is 11.4. The Morgan fingerprint density at radius 1 is 1.41 bits per heavy atom. The van der Waals surface area contributed by atoms with Crippen LogP contribution in [0.2, 0.25) is 0 Å². The minimum Gasteiger partial charge on any atom is -0.472 e. The largest absolute Gasteiger partial charge is 0.472 e. The molecule has 0 aliphatic carbocycles. The molecule has 0 unspecified atom stereocenters. The molecule has 4 nitrogen and oxygen atoms in total. The predicted molar refractivity (Wildman–Crippen MR) is 63.8 cm³/mol. The lowest BCUT2D eigenvalue weighted by atomic mass is 10.2. The Morgan fingerprint density at radius 2 is 2.29 bits per heavy atom. The van der Waals surface area contributed by atoms with Crippen LogP contribution >= 0.6 is 0 Å². The van der Waals surface area contributed by atoms with E-state index in [2.05, 4.69) is 5.32 Å². The number of hydrogen-bond acceptors (Lipinski definition) is 3. The summed E-state index contributed by atoms with van der Waals surface area (Å²) in [4.78, 5) is 11.7. The van der Waals surface area contributed by atoms with Crippen LogP contribution in [0.3, 0.4) is 0 Å². The highest BCUT2D eigenvalue weighted by molar-refractivity contribution is 6.03. The van der Waals surface area contributed by atoms with Gasteiger partial charge in [0.05, 0.1) is 18.4 Å². The van der Waals surface area contributed by atoms with E-state index in [0.29, 0.717) is 12.2 Å². The third-order valence-electron chi connectivity index (χ3n) is 2.28. The summed E-state index contributed by atoms with van der Waals surface area (Å²) >= 11 is 0. The van der Waals surface area contributed by atoms with Gasteiger partial charge in [0.25, 0.3) is 5.91 Å². The Morgan fingerprint density at radius 3 is 3.00 bits per heavy atom. The van der Waals surface area contributed by atoms with Crippen molar-refractivity contribution in [1.29, 1.82) is 0 Å². The number of nitrogens with one attached hydrogen (secondary N) is 1. The Labute approximate surface area is 99.2 Å². The van der Waals surface area contributed by atoms with Crippen molar-refractivity contribution in [3.63, 3.8) is 0 Å². The van der Waals surface area contributed by atoms with Gasteiger partial charge in [0.2, 0.25) is 0 Å². The molecule has 4 heteroatoms. The number of carbonyl (C=O) groups is 1. The smallest absolute Gasteiger partial charge is 0.258 e. The lowest BCUT2D eigenvalue weighted by Gasteiger charge is -2.05. The molecule has 0 saturated carbocycles. The van der Waals surface area contributed by atoms with Gasteiger partial charge in [0, 0.05) is 12.8 Å². The van der Waals surface area contributed by atoms with Gasteiger partial charge in [0.1, 0.15) is 6.26 Å². The van der Waals surface area contributed by atoms with Gasteiger partial charge in [-0.1, -0.05) is 12.1 Å². The molecule has 88 valence electrons. The van der Waals surface area contributed by atoms with E-state index in [9.17, 15) is 4.79 Å². The lowest BCUT2D eigenvalue weighted by molar-refractivity contribution is 0.102. The van der Waals surface area contributed by atoms with Gasteiger partial charge in [-0.2, -0.15) is 0 Å². The molecule has 1 N–H and O–H groups in total. The Kier molecular flexibility index (Phi) is 3.57. The van der Waals surface area contributed by atoms with Crippen LogP contribution in [0.25, 0.3) is 0 Å². The van der Waals surface area contributed by atoms with Crippen molar-refractivity contribution < 1.29 is 13.9 Å². The Hall–Kier alpha value is -2.07. The highest BCUT2D eigenvalue weighted by Crippen LogP contribution is 2.13. The molecule has 0 radical (unpaired) electrons. The highest BCUT2D eigenvalue weighted by Gasteiger charge is 2.07. The van der Waals surface area contributed by atoms with Gasteiger partial charge in [-0.3, -0.25) is 4.79 Å². The number of anilines is 1. The van der Waals surface area contributed by atoms with Gasteiger partial charge >= 0.3 is 0 Å². The second kappa shape index (κ2) is 5.32. The summed E-state index contributed by atoms with van der Waals surface area (Å²) in [5.74, 6) is -0.187. The number of hydrogen-bond donors (Lipinski definition) is 1. The average Bonchev–Trinajstić information content (AvgIpc) is 2.83. The molecule has 2 rings (SSSR count). The molecule has 0 fully saturated rings. The summed E-state index contributed by atoms with van der Waals surface area (Å²) in [6.07, 6.45) is 2.88. The maximum absolute atomic E-state index is 11.7. The maximum atomic E-state index is 11.7. The van der Waals surface area contributed by atoms with Crippen molar-refractivity contribution in [2.45, 2.75) is 6.61 Å². The van der Waals surface area contributed by atoms with Crippen LogP contribution in [0.15, 0.2) is 47.3 Å².